The summed E-state index contributed by atoms with van der Waals surface area (Å²) in [6.07, 6.45) is 2.01. The van der Waals surface area contributed by atoms with E-state index in [1.54, 1.807) is 7.11 Å². The zero-order valence-corrected chi connectivity index (χ0v) is 16.2. The molecule has 0 saturated carbocycles. The molecule has 0 heterocycles. The number of ether oxygens (including phenoxy) is 2. The minimum Gasteiger partial charge on any atom is -0.497 e. The highest BCUT2D eigenvalue weighted by Crippen LogP contribution is 2.20. The number of carbonyl (C=O) groups is 1. The Balaban J connectivity index is 1.76. The van der Waals surface area contributed by atoms with Crippen LogP contribution in [0.1, 0.15) is 48.9 Å². The molecule has 2 aromatic rings. The fourth-order valence-electron chi connectivity index (χ4n) is 2.76. The number of carbonyl (C=O) groups excluding carboxylic acids is 1. The normalized spacial score (nSPS) is 11.7. The summed E-state index contributed by atoms with van der Waals surface area (Å²) >= 11 is 0. The van der Waals surface area contributed by atoms with E-state index in [-0.39, 0.29) is 11.9 Å². The lowest BCUT2D eigenvalue weighted by Crippen LogP contribution is -2.28. The molecule has 1 atom stereocenters. The first-order valence-electron chi connectivity index (χ1n) is 9.16. The summed E-state index contributed by atoms with van der Waals surface area (Å²) in [6.45, 7) is 6.80. The highest BCUT2D eigenvalue weighted by atomic mass is 16.5. The summed E-state index contributed by atoms with van der Waals surface area (Å²) in [5.41, 5.74) is 3.69. The van der Waals surface area contributed by atoms with Gasteiger partial charge in [0, 0.05) is 6.42 Å². The highest BCUT2D eigenvalue weighted by molar-refractivity contribution is 5.76. The third kappa shape index (κ3) is 5.80. The van der Waals surface area contributed by atoms with Crippen LogP contribution in [0, 0.1) is 13.8 Å². The summed E-state index contributed by atoms with van der Waals surface area (Å²) in [4.78, 5) is 12.2. The van der Waals surface area contributed by atoms with E-state index in [1.807, 2.05) is 24.3 Å². The monoisotopic (exact) mass is 355 g/mol. The van der Waals surface area contributed by atoms with Crippen molar-refractivity contribution in [1.29, 1.82) is 0 Å². The van der Waals surface area contributed by atoms with E-state index in [4.69, 9.17) is 9.47 Å². The maximum absolute atomic E-state index is 12.2. The van der Waals surface area contributed by atoms with Crippen LogP contribution >= 0.6 is 0 Å². The van der Waals surface area contributed by atoms with Crippen molar-refractivity contribution in [2.24, 2.45) is 0 Å². The van der Waals surface area contributed by atoms with Gasteiger partial charge < -0.3 is 14.8 Å². The Morgan fingerprint density at radius 3 is 2.35 bits per heavy atom. The van der Waals surface area contributed by atoms with Crippen LogP contribution in [-0.2, 0) is 4.79 Å². The lowest BCUT2D eigenvalue weighted by molar-refractivity contribution is -0.122. The molecule has 2 rings (SSSR count). The van der Waals surface area contributed by atoms with Crippen LogP contribution in [0.5, 0.6) is 11.5 Å². The average Bonchev–Trinajstić information content (AvgIpc) is 2.66. The van der Waals surface area contributed by atoms with Gasteiger partial charge >= 0.3 is 0 Å². The van der Waals surface area contributed by atoms with Gasteiger partial charge in [0.25, 0.3) is 0 Å². The SMILES string of the molecule is CC[C@H](NC(=O)CCCOc1ccc(OC)cc1)c1ccc(C)c(C)c1. The van der Waals surface area contributed by atoms with Crippen LogP contribution in [-0.4, -0.2) is 19.6 Å². The van der Waals surface area contributed by atoms with Gasteiger partial charge in [0.2, 0.25) is 5.91 Å². The molecule has 0 fully saturated rings. The third-order valence-corrected chi connectivity index (χ3v) is 4.55. The molecule has 0 aliphatic rings. The number of amides is 1. The molecule has 0 unspecified atom stereocenters. The zero-order valence-electron chi connectivity index (χ0n) is 16.2. The molecule has 26 heavy (non-hydrogen) atoms. The molecule has 0 radical (unpaired) electrons. The van der Waals surface area contributed by atoms with Gasteiger partial charge in [-0.15, -0.1) is 0 Å². The molecular formula is C22H29NO3. The van der Waals surface area contributed by atoms with Crippen LogP contribution in [0.4, 0.5) is 0 Å². The van der Waals surface area contributed by atoms with Crippen LogP contribution in [0.2, 0.25) is 0 Å². The number of hydrogen-bond acceptors (Lipinski definition) is 3. The van der Waals surface area contributed by atoms with Gasteiger partial charge in [0.15, 0.2) is 0 Å². The van der Waals surface area contributed by atoms with Crippen molar-refractivity contribution >= 4 is 5.91 Å². The number of nitrogens with one attached hydrogen (secondary N) is 1. The molecule has 0 aliphatic heterocycles. The summed E-state index contributed by atoms with van der Waals surface area (Å²) in [6, 6.07) is 13.9. The summed E-state index contributed by atoms with van der Waals surface area (Å²) in [5, 5.41) is 3.13. The molecule has 0 spiro atoms. The Bertz CT molecular complexity index is 710. The van der Waals surface area contributed by atoms with E-state index < -0.39 is 0 Å². The number of aryl methyl sites for hydroxylation is 2. The molecular weight excluding hydrogens is 326 g/mol. The van der Waals surface area contributed by atoms with Crippen molar-refractivity contribution in [3.05, 3.63) is 59.2 Å². The van der Waals surface area contributed by atoms with Gasteiger partial charge in [-0.2, -0.15) is 0 Å². The van der Waals surface area contributed by atoms with Gasteiger partial charge in [-0.1, -0.05) is 25.1 Å². The van der Waals surface area contributed by atoms with E-state index in [9.17, 15) is 4.79 Å². The Kier molecular flexibility index (Phi) is 7.52. The average molecular weight is 355 g/mol. The van der Waals surface area contributed by atoms with Crippen molar-refractivity contribution in [1.82, 2.24) is 5.32 Å². The zero-order chi connectivity index (χ0) is 18.9. The second kappa shape index (κ2) is 9.85. The smallest absolute Gasteiger partial charge is 0.220 e. The molecule has 0 bridgehead atoms. The van der Waals surface area contributed by atoms with Crippen molar-refractivity contribution in [2.45, 2.75) is 46.1 Å². The minimum atomic E-state index is 0.0595. The van der Waals surface area contributed by atoms with Crippen LogP contribution < -0.4 is 14.8 Å². The Morgan fingerprint density at radius 2 is 1.73 bits per heavy atom. The maximum atomic E-state index is 12.2. The van der Waals surface area contributed by atoms with Gasteiger partial charge in [-0.25, -0.2) is 0 Å². The lowest BCUT2D eigenvalue weighted by Gasteiger charge is -2.18. The summed E-state index contributed by atoms with van der Waals surface area (Å²) < 4.78 is 10.8. The summed E-state index contributed by atoms with van der Waals surface area (Å²) in [7, 11) is 1.63. The standard InChI is InChI=1S/C22H29NO3/c1-5-21(18-9-8-16(2)17(3)15-18)23-22(24)7-6-14-26-20-12-10-19(25-4)11-13-20/h8-13,15,21H,5-7,14H2,1-4H3,(H,23,24)/t21-/m0/s1. The minimum absolute atomic E-state index is 0.0595. The molecule has 0 aromatic heterocycles. The molecule has 4 nitrogen and oxygen atoms in total. The van der Waals surface area contributed by atoms with E-state index >= 15 is 0 Å². The molecule has 0 saturated heterocycles. The molecule has 140 valence electrons. The van der Waals surface area contributed by atoms with E-state index in [2.05, 4.69) is 44.3 Å². The highest BCUT2D eigenvalue weighted by Gasteiger charge is 2.13. The number of rotatable bonds is 9. The van der Waals surface area contributed by atoms with Gasteiger partial charge in [0.05, 0.1) is 19.8 Å². The fourth-order valence-corrected chi connectivity index (χ4v) is 2.76. The van der Waals surface area contributed by atoms with E-state index in [0.717, 1.165) is 17.9 Å². The Labute approximate surface area is 156 Å². The fraction of sp³-hybridized carbons (Fsp3) is 0.409. The number of benzene rings is 2. The van der Waals surface area contributed by atoms with Crippen molar-refractivity contribution in [2.75, 3.05) is 13.7 Å². The van der Waals surface area contributed by atoms with Crippen LogP contribution in [0.25, 0.3) is 0 Å². The topological polar surface area (TPSA) is 47.6 Å². The number of hydrogen-bond donors (Lipinski definition) is 1. The van der Waals surface area contributed by atoms with Crippen molar-refractivity contribution in [3.8, 4) is 11.5 Å². The van der Waals surface area contributed by atoms with Gasteiger partial charge in [0.1, 0.15) is 11.5 Å². The third-order valence-electron chi connectivity index (χ3n) is 4.55. The van der Waals surface area contributed by atoms with Crippen molar-refractivity contribution < 1.29 is 14.3 Å². The Hall–Kier alpha value is -2.49. The largest absolute Gasteiger partial charge is 0.497 e. The predicted molar refractivity (Wildman–Crippen MR) is 105 cm³/mol. The first-order valence-corrected chi connectivity index (χ1v) is 9.16. The quantitative estimate of drug-likeness (QED) is 0.661. The van der Waals surface area contributed by atoms with Crippen molar-refractivity contribution in [3.63, 3.8) is 0 Å². The predicted octanol–water partition coefficient (Wildman–Crippen LogP) is 4.74. The van der Waals surface area contributed by atoms with Gasteiger partial charge in [-0.3, -0.25) is 4.79 Å². The van der Waals surface area contributed by atoms with E-state index in [0.29, 0.717) is 19.4 Å². The lowest BCUT2D eigenvalue weighted by atomic mass is 9.99. The van der Waals surface area contributed by atoms with E-state index in [1.165, 1.54) is 16.7 Å². The molecule has 4 heteroatoms. The Morgan fingerprint density at radius 1 is 1.04 bits per heavy atom. The van der Waals surface area contributed by atoms with Gasteiger partial charge in [-0.05, 0) is 67.6 Å². The molecule has 1 N–H and O–H groups in total. The first-order chi connectivity index (χ1) is 12.5. The van der Waals surface area contributed by atoms with Crippen LogP contribution in [0.3, 0.4) is 0 Å². The number of methoxy groups -OCH3 is 1. The second-order valence-electron chi connectivity index (χ2n) is 6.50. The molecule has 1 amide bonds. The molecule has 2 aromatic carbocycles. The summed E-state index contributed by atoms with van der Waals surface area (Å²) in [5.74, 6) is 1.65. The second-order valence-corrected chi connectivity index (χ2v) is 6.50. The molecule has 0 aliphatic carbocycles. The first kappa shape index (κ1) is 19.8. The van der Waals surface area contributed by atoms with Crippen LogP contribution in [0.15, 0.2) is 42.5 Å². The maximum Gasteiger partial charge on any atom is 0.220 e.